The molecule has 1 amide bonds. The molecule has 2 heterocycles. The SMILES string of the molecule is CCC1CCC(C)N1C(=O)C1(C)CCCNC1. The number of carbonyl (C=O) groups is 1. The standard InChI is InChI=1S/C14H26N2O/c1-4-12-7-6-11(2)16(12)13(17)14(3)8-5-9-15-10-14/h11-12,15H,4-10H2,1-3H3. The summed E-state index contributed by atoms with van der Waals surface area (Å²) < 4.78 is 0. The Labute approximate surface area is 105 Å². The van der Waals surface area contributed by atoms with Crippen LogP contribution in [0.2, 0.25) is 0 Å². The minimum Gasteiger partial charge on any atom is -0.337 e. The van der Waals surface area contributed by atoms with Crippen LogP contribution in [0.3, 0.4) is 0 Å². The van der Waals surface area contributed by atoms with Gasteiger partial charge in [-0.3, -0.25) is 4.79 Å². The van der Waals surface area contributed by atoms with Crippen LogP contribution in [0.25, 0.3) is 0 Å². The first-order chi connectivity index (χ1) is 8.08. The molecule has 0 bridgehead atoms. The highest BCUT2D eigenvalue weighted by Gasteiger charge is 2.43. The van der Waals surface area contributed by atoms with Gasteiger partial charge in [-0.05, 0) is 52.5 Å². The molecule has 3 atom stereocenters. The Kier molecular flexibility index (Phi) is 3.76. The fourth-order valence-corrected chi connectivity index (χ4v) is 3.39. The van der Waals surface area contributed by atoms with Gasteiger partial charge in [0.05, 0.1) is 5.41 Å². The lowest BCUT2D eigenvalue weighted by atomic mass is 9.81. The number of rotatable bonds is 2. The summed E-state index contributed by atoms with van der Waals surface area (Å²) in [6.45, 7) is 8.46. The maximum atomic E-state index is 12.8. The summed E-state index contributed by atoms with van der Waals surface area (Å²) >= 11 is 0. The average molecular weight is 238 g/mol. The smallest absolute Gasteiger partial charge is 0.230 e. The zero-order valence-electron chi connectivity index (χ0n) is 11.5. The van der Waals surface area contributed by atoms with Crippen molar-refractivity contribution in [3.8, 4) is 0 Å². The van der Waals surface area contributed by atoms with E-state index in [2.05, 4.69) is 31.0 Å². The Bertz CT molecular complexity index is 284. The molecule has 0 aromatic rings. The Hall–Kier alpha value is -0.570. The van der Waals surface area contributed by atoms with Crippen molar-refractivity contribution in [2.45, 2.75) is 65.0 Å². The lowest BCUT2D eigenvalue weighted by molar-refractivity contribution is -0.145. The number of nitrogens with zero attached hydrogens (tertiary/aromatic N) is 1. The molecule has 0 saturated carbocycles. The maximum Gasteiger partial charge on any atom is 0.230 e. The van der Waals surface area contributed by atoms with E-state index in [9.17, 15) is 4.79 Å². The molecular weight excluding hydrogens is 212 g/mol. The number of piperidine rings is 1. The topological polar surface area (TPSA) is 32.3 Å². The van der Waals surface area contributed by atoms with Gasteiger partial charge in [0.25, 0.3) is 0 Å². The molecule has 0 aliphatic carbocycles. The number of carbonyl (C=O) groups excluding carboxylic acids is 1. The van der Waals surface area contributed by atoms with E-state index in [0.29, 0.717) is 18.0 Å². The van der Waals surface area contributed by atoms with Gasteiger partial charge in [-0.1, -0.05) is 6.92 Å². The van der Waals surface area contributed by atoms with Crippen molar-refractivity contribution in [1.82, 2.24) is 10.2 Å². The predicted molar refractivity (Wildman–Crippen MR) is 69.8 cm³/mol. The first kappa shape index (κ1) is 12.9. The van der Waals surface area contributed by atoms with Gasteiger partial charge in [0.1, 0.15) is 0 Å². The van der Waals surface area contributed by atoms with Crippen molar-refractivity contribution in [3.05, 3.63) is 0 Å². The second-order valence-corrected chi connectivity index (χ2v) is 6.04. The van der Waals surface area contributed by atoms with Crippen LogP contribution < -0.4 is 5.32 Å². The molecule has 2 fully saturated rings. The van der Waals surface area contributed by atoms with Gasteiger partial charge in [-0.15, -0.1) is 0 Å². The van der Waals surface area contributed by atoms with Crippen molar-refractivity contribution in [2.75, 3.05) is 13.1 Å². The van der Waals surface area contributed by atoms with E-state index in [4.69, 9.17) is 0 Å². The number of likely N-dealkylation sites (tertiary alicyclic amines) is 1. The first-order valence-electron chi connectivity index (χ1n) is 7.12. The van der Waals surface area contributed by atoms with Gasteiger partial charge in [0.2, 0.25) is 5.91 Å². The molecule has 2 saturated heterocycles. The highest BCUT2D eigenvalue weighted by molar-refractivity contribution is 5.83. The molecule has 0 aromatic heterocycles. The van der Waals surface area contributed by atoms with Gasteiger partial charge in [0.15, 0.2) is 0 Å². The van der Waals surface area contributed by atoms with E-state index >= 15 is 0 Å². The normalized spacial score (nSPS) is 38.4. The summed E-state index contributed by atoms with van der Waals surface area (Å²) in [5.41, 5.74) is -0.162. The van der Waals surface area contributed by atoms with Crippen LogP contribution in [0, 0.1) is 5.41 Å². The van der Waals surface area contributed by atoms with Crippen LogP contribution in [0.5, 0.6) is 0 Å². The summed E-state index contributed by atoms with van der Waals surface area (Å²) in [5, 5.41) is 3.38. The largest absolute Gasteiger partial charge is 0.337 e. The predicted octanol–water partition coefficient (Wildman–Crippen LogP) is 2.17. The Morgan fingerprint density at radius 2 is 2.24 bits per heavy atom. The molecule has 0 aromatic carbocycles. The molecule has 1 N–H and O–H groups in total. The maximum absolute atomic E-state index is 12.8. The monoisotopic (exact) mass is 238 g/mol. The van der Waals surface area contributed by atoms with Crippen LogP contribution in [0.15, 0.2) is 0 Å². The lowest BCUT2D eigenvalue weighted by Gasteiger charge is -2.40. The van der Waals surface area contributed by atoms with Gasteiger partial charge in [0, 0.05) is 18.6 Å². The van der Waals surface area contributed by atoms with Crippen LogP contribution in [0.1, 0.15) is 52.9 Å². The molecule has 17 heavy (non-hydrogen) atoms. The Balaban J connectivity index is 2.12. The Morgan fingerprint density at radius 1 is 1.47 bits per heavy atom. The summed E-state index contributed by atoms with van der Waals surface area (Å²) in [7, 11) is 0. The second-order valence-electron chi connectivity index (χ2n) is 6.04. The lowest BCUT2D eigenvalue weighted by Crippen LogP contribution is -2.53. The van der Waals surface area contributed by atoms with Gasteiger partial charge in [-0.25, -0.2) is 0 Å². The minimum absolute atomic E-state index is 0.162. The third-order valence-electron chi connectivity index (χ3n) is 4.61. The zero-order chi connectivity index (χ0) is 12.5. The van der Waals surface area contributed by atoms with E-state index in [-0.39, 0.29) is 5.41 Å². The fourth-order valence-electron chi connectivity index (χ4n) is 3.39. The molecule has 2 rings (SSSR count). The van der Waals surface area contributed by atoms with Crippen molar-refractivity contribution in [3.63, 3.8) is 0 Å². The van der Waals surface area contributed by atoms with Crippen molar-refractivity contribution in [2.24, 2.45) is 5.41 Å². The van der Waals surface area contributed by atoms with E-state index in [1.807, 2.05) is 0 Å². The Morgan fingerprint density at radius 3 is 2.82 bits per heavy atom. The third-order valence-corrected chi connectivity index (χ3v) is 4.61. The second kappa shape index (κ2) is 4.97. The van der Waals surface area contributed by atoms with E-state index in [1.165, 1.54) is 12.8 Å². The molecule has 2 aliphatic heterocycles. The molecule has 0 radical (unpaired) electrons. The van der Waals surface area contributed by atoms with Crippen LogP contribution >= 0.6 is 0 Å². The average Bonchev–Trinajstić information content (AvgIpc) is 2.70. The van der Waals surface area contributed by atoms with Crippen molar-refractivity contribution < 1.29 is 4.79 Å². The van der Waals surface area contributed by atoms with Crippen LogP contribution in [0.4, 0.5) is 0 Å². The number of hydrogen-bond donors (Lipinski definition) is 1. The quantitative estimate of drug-likeness (QED) is 0.799. The number of hydrogen-bond acceptors (Lipinski definition) is 2. The first-order valence-corrected chi connectivity index (χ1v) is 7.12. The molecule has 0 spiro atoms. The number of nitrogens with one attached hydrogen (secondary N) is 1. The van der Waals surface area contributed by atoms with Crippen molar-refractivity contribution in [1.29, 1.82) is 0 Å². The van der Waals surface area contributed by atoms with E-state index in [0.717, 1.165) is 32.4 Å². The number of amides is 1. The molecular formula is C14H26N2O. The van der Waals surface area contributed by atoms with Gasteiger partial charge >= 0.3 is 0 Å². The highest BCUT2D eigenvalue weighted by atomic mass is 16.2. The molecule has 3 unspecified atom stereocenters. The summed E-state index contributed by atoms with van der Waals surface area (Å²) in [4.78, 5) is 15.0. The van der Waals surface area contributed by atoms with E-state index in [1.54, 1.807) is 0 Å². The fraction of sp³-hybridized carbons (Fsp3) is 0.929. The van der Waals surface area contributed by atoms with Crippen molar-refractivity contribution >= 4 is 5.91 Å². The molecule has 2 aliphatic rings. The molecule has 3 nitrogen and oxygen atoms in total. The highest BCUT2D eigenvalue weighted by Crippen LogP contribution is 2.34. The summed E-state index contributed by atoms with van der Waals surface area (Å²) in [6.07, 6.45) is 5.62. The zero-order valence-corrected chi connectivity index (χ0v) is 11.5. The summed E-state index contributed by atoms with van der Waals surface area (Å²) in [6, 6.07) is 0.919. The molecule has 3 heteroatoms. The van der Waals surface area contributed by atoms with Crippen LogP contribution in [-0.2, 0) is 4.79 Å². The van der Waals surface area contributed by atoms with Crippen LogP contribution in [-0.4, -0.2) is 36.0 Å². The van der Waals surface area contributed by atoms with Gasteiger partial charge < -0.3 is 10.2 Å². The summed E-state index contributed by atoms with van der Waals surface area (Å²) in [5.74, 6) is 0.390. The third kappa shape index (κ3) is 2.35. The van der Waals surface area contributed by atoms with E-state index < -0.39 is 0 Å². The van der Waals surface area contributed by atoms with Gasteiger partial charge in [-0.2, -0.15) is 0 Å². The molecule has 98 valence electrons. The minimum atomic E-state index is -0.162.